The van der Waals surface area contributed by atoms with Crippen molar-refractivity contribution in [2.45, 2.75) is 13.0 Å². The molecule has 2 N–H and O–H groups in total. The Morgan fingerprint density at radius 2 is 2.00 bits per heavy atom. The third kappa shape index (κ3) is 5.72. The van der Waals surface area contributed by atoms with Crippen LogP contribution in [0.5, 0.6) is 0 Å². The summed E-state index contributed by atoms with van der Waals surface area (Å²) in [7, 11) is 0. The minimum Gasteiger partial charge on any atom is -0.478 e. The molecule has 1 fully saturated rings. The van der Waals surface area contributed by atoms with Gasteiger partial charge in [-0.05, 0) is 29.8 Å². The number of hydrogen-bond donors (Lipinski definition) is 2. The van der Waals surface area contributed by atoms with E-state index in [2.05, 4.69) is 27.3 Å². The van der Waals surface area contributed by atoms with E-state index in [4.69, 9.17) is 21.4 Å². The van der Waals surface area contributed by atoms with Crippen LogP contribution in [-0.2, 0) is 22.5 Å². The first kappa shape index (κ1) is 22.4. The fourth-order valence-corrected chi connectivity index (χ4v) is 4.49. The number of morpholine rings is 1. The van der Waals surface area contributed by atoms with Crippen LogP contribution < -0.4 is 5.32 Å². The summed E-state index contributed by atoms with van der Waals surface area (Å²) in [4.78, 5) is 30.6. The van der Waals surface area contributed by atoms with Gasteiger partial charge in [-0.1, -0.05) is 29.8 Å². The summed E-state index contributed by atoms with van der Waals surface area (Å²) in [6.45, 7) is 4.28. The average Bonchev–Trinajstić information content (AvgIpc) is 3.24. The molecule has 0 bridgehead atoms. The molecule has 9 heteroatoms. The average molecular weight is 472 g/mol. The smallest absolute Gasteiger partial charge is 0.337 e. The molecule has 1 saturated heterocycles. The summed E-state index contributed by atoms with van der Waals surface area (Å²) in [5.74, 6) is -1.42. The largest absolute Gasteiger partial charge is 0.478 e. The van der Waals surface area contributed by atoms with Crippen molar-refractivity contribution in [1.29, 1.82) is 0 Å². The van der Waals surface area contributed by atoms with Gasteiger partial charge in [-0.15, -0.1) is 11.3 Å². The number of carboxylic acids is 1. The minimum absolute atomic E-state index is 0.0580. The predicted octanol–water partition coefficient (Wildman–Crippen LogP) is 4.18. The Morgan fingerprint density at radius 3 is 2.78 bits per heavy atom. The van der Waals surface area contributed by atoms with Crippen molar-refractivity contribution in [2.24, 2.45) is 0 Å². The maximum absolute atomic E-state index is 12.4. The van der Waals surface area contributed by atoms with E-state index in [0.29, 0.717) is 11.4 Å². The molecule has 0 spiro atoms. The van der Waals surface area contributed by atoms with E-state index < -0.39 is 5.97 Å². The lowest BCUT2D eigenvalue weighted by Crippen LogP contribution is -2.35. The molecule has 1 aliphatic heterocycles. The van der Waals surface area contributed by atoms with Gasteiger partial charge in [-0.25, -0.2) is 9.78 Å². The number of halogens is 1. The Hall–Kier alpha value is -2.78. The number of carbonyl (C=O) groups is 2. The standard InChI is InChI=1S/C23H22ClN3O4S/c24-20-5-4-17(11-19(20)23(29)30)25-21(28)12-18-14-32-22(26-18)16-3-1-2-15(10-16)13-27-6-8-31-9-7-27/h1-5,10-11,14H,6-9,12-13H2,(H,25,28)(H,29,30). The van der Waals surface area contributed by atoms with Gasteiger partial charge in [0, 0.05) is 36.3 Å². The first-order valence-electron chi connectivity index (χ1n) is 10.1. The SMILES string of the molecule is O=C(Cc1csc(-c2cccc(CN3CCOCC3)c2)n1)Nc1ccc(Cl)c(C(=O)O)c1. The fourth-order valence-electron chi connectivity index (χ4n) is 3.48. The number of amides is 1. The first-order chi connectivity index (χ1) is 15.5. The molecule has 0 unspecified atom stereocenters. The summed E-state index contributed by atoms with van der Waals surface area (Å²) in [5, 5.41) is 14.7. The predicted molar refractivity (Wildman–Crippen MR) is 124 cm³/mol. The molecular formula is C23H22ClN3O4S. The number of nitrogens with one attached hydrogen (secondary N) is 1. The van der Waals surface area contributed by atoms with Crippen LogP contribution in [-0.4, -0.2) is 53.2 Å². The van der Waals surface area contributed by atoms with E-state index in [9.17, 15) is 9.59 Å². The summed E-state index contributed by atoms with van der Waals surface area (Å²) in [6, 6.07) is 12.7. The van der Waals surface area contributed by atoms with E-state index in [1.807, 2.05) is 17.5 Å². The number of ether oxygens (including phenoxy) is 1. The van der Waals surface area contributed by atoms with Crippen LogP contribution in [0.15, 0.2) is 47.8 Å². The van der Waals surface area contributed by atoms with Gasteiger partial charge in [-0.2, -0.15) is 0 Å². The maximum Gasteiger partial charge on any atom is 0.337 e. The Morgan fingerprint density at radius 1 is 1.19 bits per heavy atom. The van der Waals surface area contributed by atoms with E-state index >= 15 is 0 Å². The van der Waals surface area contributed by atoms with Crippen LogP contribution in [0, 0.1) is 0 Å². The lowest BCUT2D eigenvalue weighted by molar-refractivity contribution is -0.115. The third-order valence-corrected chi connectivity index (χ3v) is 6.33. The fraction of sp³-hybridized carbons (Fsp3) is 0.261. The van der Waals surface area contributed by atoms with Gasteiger partial charge < -0.3 is 15.2 Å². The van der Waals surface area contributed by atoms with Crippen molar-refractivity contribution < 1.29 is 19.4 Å². The Kier molecular flexibility index (Phi) is 7.16. The second-order valence-electron chi connectivity index (χ2n) is 7.46. The third-order valence-electron chi connectivity index (χ3n) is 5.06. The van der Waals surface area contributed by atoms with Gasteiger partial charge in [0.25, 0.3) is 0 Å². The van der Waals surface area contributed by atoms with Crippen LogP contribution in [0.1, 0.15) is 21.6 Å². The second-order valence-corrected chi connectivity index (χ2v) is 8.72. The lowest BCUT2D eigenvalue weighted by Gasteiger charge is -2.26. The summed E-state index contributed by atoms with van der Waals surface area (Å²) < 4.78 is 5.41. The number of aromatic carboxylic acids is 1. The Labute approximate surface area is 194 Å². The maximum atomic E-state index is 12.4. The molecule has 2 heterocycles. The molecule has 166 valence electrons. The van der Waals surface area contributed by atoms with Gasteiger partial charge in [0.2, 0.25) is 5.91 Å². The van der Waals surface area contributed by atoms with Crippen molar-refractivity contribution in [3.63, 3.8) is 0 Å². The number of benzene rings is 2. The van der Waals surface area contributed by atoms with Gasteiger partial charge in [0.15, 0.2) is 0 Å². The van der Waals surface area contributed by atoms with Gasteiger partial charge in [0.1, 0.15) is 5.01 Å². The molecule has 0 atom stereocenters. The van der Waals surface area contributed by atoms with Crippen LogP contribution in [0.25, 0.3) is 10.6 Å². The monoisotopic (exact) mass is 471 g/mol. The number of anilines is 1. The second kappa shape index (κ2) is 10.2. The quantitative estimate of drug-likeness (QED) is 0.537. The highest BCUT2D eigenvalue weighted by atomic mass is 35.5. The zero-order valence-corrected chi connectivity index (χ0v) is 18.8. The van der Waals surface area contributed by atoms with Gasteiger partial charge >= 0.3 is 5.97 Å². The zero-order chi connectivity index (χ0) is 22.5. The molecule has 0 saturated carbocycles. The molecule has 0 aliphatic carbocycles. The van der Waals surface area contributed by atoms with E-state index in [0.717, 1.165) is 43.4 Å². The van der Waals surface area contributed by atoms with Crippen LogP contribution in [0.4, 0.5) is 5.69 Å². The molecule has 32 heavy (non-hydrogen) atoms. The lowest BCUT2D eigenvalue weighted by atomic mass is 10.1. The zero-order valence-electron chi connectivity index (χ0n) is 17.2. The molecule has 3 aromatic rings. The molecule has 7 nitrogen and oxygen atoms in total. The van der Waals surface area contributed by atoms with E-state index in [1.165, 1.54) is 29.0 Å². The number of rotatable bonds is 7. The summed E-state index contributed by atoms with van der Waals surface area (Å²) in [5.41, 5.74) is 3.22. The Bertz CT molecular complexity index is 1130. The van der Waals surface area contributed by atoms with E-state index in [1.54, 1.807) is 6.07 Å². The van der Waals surface area contributed by atoms with Crippen molar-refractivity contribution >= 4 is 40.5 Å². The molecule has 4 rings (SSSR count). The van der Waals surface area contributed by atoms with Crippen molar-refractivity contribution in [3.8, 4) is 10.6 Å². The number of aromatic nitrogens is 1. The normalized spacial score (nSPS) is 14.3. The highest BCUT2D eigenvalue weighted by Gasteiger charge is 2.14. The van der Waals surface area contributed by atoms with Crippen molar-refractivity contribution in [1.82, 2.24) is 9.88 Å². The van der Waals surface area contributed by atoms with Crippen molar-refractivity contribution in [2.75, 3.05) is 31.6 Å². The minimum atomic E-state index is -1.15. The highest BCUT2D eigenvalue weighted by Crippen LogP contribution is 2.26. The number of thiazole rings is 1. The van der Waals surface area contributed by atoms with Crippen molar-refractivity contribution in [3.05, 3.63) is 69.7 Å². The molecule has 2 aromatic carbocycles. The van der Waals surface area contributed by atoms with Gasteiger partial charge in [0.05, 0.1) is 35.9 Å². The van der Waals surface area contributed by atoms with Crippen LogP contribution >= 0.6 is 22.9 Å². The molecule has 1 aromatic heterocycles. The molecule has 1 amide bonds. The molecule has 1 aliphatic rings. The molecule has 0 radical (unpaired) electrons. The van der Waals surface area contributed by atoms with Gasteiger partial charge in [-0.3, -0.25) is 9.69 Å². The molecular weight excluding hydrogens is 450 g/mol. The van der Waals surface area contributed by atoms with E-state index in [-0.39, 0.29) is 22.9 Å². The highest BCUT2D eigenvalue weighted by molar-refractivity contribution is 7.13. The first-order valence-corrected chi connectivity index (χ1v) is 11.4. The van der Waals surface area contributed by atoms with Crippen LogP contribution in [0.2, 0.25) is 5.02 Å². The number of hydrogen-bond acceptors (Lipinski definition) is 6. The van der Waals surface area contributed by atoms with Crippen LogP contribution in [0.3, 0.4) is 0 Å². The number of carboxylic acid groups (broad SMARTS) is 1. The number of carbonyl (C=O) groups excluding carboxylic acids is 1. The topological polar surface area (TPSA) is 91.8 Å². The Balaban J connectivity index is 1.39. The number of nitrogens with zero attached hydrogens (tertiary/aromatic N) is 2. The summed E-state index contributed by atoms with van der Waals surface area (Å²) in [6.07, 6.45) is 0.0923. The summed E-state index contributed by atoms with van der Waals surface area (Å²) >= 11 is 7.37.